The molecule has 0 radical (unpaired) electrons. The fourth-order valence-corrected chi connectivity index (χ4v) is 2.28. The minimum Gasteiger partial charge on any atom is -0.447 e. The molecule has 1 aromatic heterocycles. The van der Waals surface area contributed by atoms with E-state index in [1.165, 1.54) is 13.2 Å². The number of halogens is 1. The van der Waals surface area contributed by atoms with Crippen molar-refractivity contribution in [3.05, 3.63) is 22.1 Å². The lowest BCUT2D eigenvalue weighted by Crippen LogP contribution is -2.38. The number of ether oxygens (including phenoxy) is 2. The molecule has 0 spiro atoms. The molecule has 1 fully saturated rings. The van der Waals surface area contributed by atoms with E-state index in [1.54, 1.807) is 0 Å². The number of rotatable bonds is 6. The molecule has 2 rings (SSSR count). The molecular formula is C13H19FN4O4. The first kappa shape index (κ1) is 16.2. The molecule has 8 nitrogen and oxygen atoms in total. The number of carbonyl (C=O) groups excluding carboxylic acids is 1. The molecular weight excluding hydrogens is 295 g/mol. The Hall–Kier alpha value is -2.16. The van der Waals surface area contributed by atoms with Crippen molar-refractivity contribution in [2.24, 2.45) is 0 Å². The van der Waals surface area contributed by atoms with Crippen molar-refractivity contribution >= 4 is 12.0 Å². The Labute approximate surface area is 126 Å². The van der Waals surface area contributed by atoms with Crippen molar-refractivity contribution in [3.63, 3.8) is 0 Å². The molecule has 1 aliphatic heterocycles. The van der Waals surface area contributed by atoms with Crippen molar-refractivity contribution in [3.8, 4) is 0 Å². The first-order valence-electron chi connectivity index (χ1n) is 6.95. The van der Waals surface area contributed by atoms with Gasteiger partial charge in [0, 0.05) is 26.3 Å². The molecule has 9 heteroatoms. The number of carbonyl (C=O) groups is 1. The summed E-state index contributed by atoms with van der Waals surface area (Å²) in [7, 11) is 1.53. The van der Waals surface area contributed by atoms with Crippen LogP contribution in [0.1, 0.15) is 12.1 Å². The standard InChI is InChI=1S/C13H19FN4O4/c1-21-8-10-6-11(19)17-12(15-10)18-4-2-9(7-18)16-13(20)22-5-3-14/h6,9H,2-5,7-8H2,1H3,(H,16,20)(H,15,17,19)/t9-/m0/s1. The van der Waals surface area contributed by atoms with Gasteiger partial charge in [-0.05, 0) is 6.42 Å². The summed E-state index contributed by atoms with van der Waals surface area (Å²) in [6.45, 7) is 0.414. The van der Waals surface area contributed by atoms with Gasteiger partial charge in [0.2, 0.25) is 5.95 Å². The van der Waals surface area contributed by atoms with Crippen molar-refractivity contribution in [2.45, 2.75) is 19.1 Å². The SMILES string of the molecule is COCc1cc(=O)[nH]c(N2CC[C@H](NC(=O)OCCF)C2)n1. The molecule has 0 unspecified atom stereocenters. The van der Waals surface area contributed by atoms with E-state index in [4.69, 9.17) is 4.74 Å². The van der Waals surface area contributed by atoms with E-state index in [-0.39, 0.29) is 24.8 Å². The highest BCUT2D eigenvalue weighted by molar-refractivity contribution is 5.67. The van der Waals surface area contributed by atoms with Crippen LogP contribution in [0.15, 0.2) is 10.9 Å². The number of aromatic nitrogens is 2. The van der Waals surface area contributed by atoms with Gasteiger partial charge in [0.1, 0.15) is 13.3 Å². The Morgan fingerprint density at radius 1 is 1.64 bits per heavy atom. The molecule has 0 aromatic carbocycles. The van der Waals surface area contributed by atoms with Gasteiger partial charge < -0.3 is 19.7 Å². The maximum Gasteiger partial charge on any atom is 0.407 e. The number of anilines is 1. The van der Waals surface area contributed by atoms with E-state index < -0.39 is 12.8 Å². The van der Waals surface area contributed by atoms with E-state index >= 15 is 0 Å². The molecule has 22 heavy (non-hydrogen) atoms. The van der Waals surface area contributed by atoms with Gasteiger partial charge in [0.05, 0.1) is 18.3 Å². The van der Waals surface area contributed by atoms with Crippen LogP contribution in [0, 0.1) is 0 Å². The van der Waals surface area contributed by atoms with E-state index in [9.17, 15) is 14.0 Å². The summed E-state index contributed by atoms with van der Waals surface area (Å²) in [5.74, 6) is 0.445. The van der Waals surface area contributed by atoms with Crippen LogP contribution < -0.4 is 15.8 Å². The molecule has 1 aliphatic rings. The van der Waals surface area contributed by atoms with Crippen LogP contribution in [-0.2, 0) is 16.1 Å². The lowest BCUT2D eigenvalue weighted by molar-refractivity contribution is 0.134. The first-order valence-corrected chi connectivity index (χ1v) is 6.95. The third-order valence-corrected chi connectivity index (χ3v) is 3.19. The Balaban J connectivity index is 1.95. The molecule has 0 saturated carbocycles. The predicted octanol–water partition coefficient (Wildman–Crippen LogP) is 0.191. The summed E-state index contributed by atoms with van der Waals surface area (Å²) in [6, 6.07) is 1.25. The number of nitrogens with zero attached hydrogens (tertiary/aromatic N) is 2. The number of aromatic amines is 1. The summed E-state index contributed by atoms with van der Waals surface area (Å²) in [5.41, 5.74) is 0.288. The summed E-state index contributed by atoms with van der Waals surface area (Å²) in [6.07, 6.45) is 0.0437. The summed E-state index contributed by atoms with van der Waals surface area (Å²) in [5, 5.41) is 2.65. The number of amides is 1. The predicted molar refractivity (Wildman–Crippen MR) is 76.6 cm³/mol. The zero-order valence-corrected chi connectivity index (χ0v) is 12.3. The zero-order chi connectivity index (χ0) is 15.9. The topological polar surface area (TPSA) is 96.6 Å². The minimum atomic E-state index is -0.707. The number of nitrogens with one attached hydrogen (secondary N) is 2. The number of methoxy groups -OCH3 is 1. The fourth-order valence-electron chi connectivity index (χ4n) is 2.28. The second-order valence-electron chi connectivity index (χ2n) is 4.89. The molecule has 122 valence electrons. The number of H-pyrrole nitrogens is 1. The first-order chi connectivity index (χ1) is 10.6. The average molecular weight is 314 g/mol. The second kappa shape index (κ2) is 7.74. The molecule has 1 amide bonds. The molecule has 0 aliphatic carbocycles. The van der Waals surface area contributed by atoms with E-state index in [0.29, 0.717) is 31.2 Å². The van der Waals surface area contributed by atoms with Gasteiger partial charge in [0.25, 0.3) is 5.56 Å². The third-order valence-electron chi connectivity index (χ3n) is 3.19. The van der Waals surface area contributed by atoms with Crippen molar-refractivity contribution in [1.82, 2.24) is 15.3 Å². The molecule has 0 bridgehead atoms. The lowest BCUT2D eigenvalue weighted by atomic mass is 10.3. The van der Waals surface area contributed by atoms with Gasteiger partial charge in [-0.15, -0.1) is 0 Å². The maximum atomic E-state index is 11.9. The third kappa shape index (κ3) is 4.42. The van der Waals surface area contributed by atoms with Gasteiger partial charge in [0.15, 0.2) is 0 Å². The average Bonchev–Trinajstić information content (AvgIpc) is 2.93. The highest BCUT2D eigenvalue weighted by Crippen LogP contribution is 2.15. The monoisotopic (exact) mass is 314 g/mol. The quantitative estimate of drug-likeness (QED) is 0.778. The van der Waals surface area contributed by atoms with Crippen LogP contribution in [0.3, 0.4) is 0 Å². The number of hydrogen-bond donors (Lipinski definition) is 2. The Kier molecular flexibility index (Phi) is 5.70. The lowest BCUT2D eigenvalue weighted by Gasteiger charge is -2.17. The Morgan fingerprint density at radius 3 is 3.18 bits per heavy atom. The number of hydrogen-bond acceptors (Lipinski definition) is 6. The maximum absolute atomic E-state index is 11.9. The van der Waals surface area contributed by atoms with Crippen molar-refractivity contribution in [2.75, 3.05) is 38.4 Å². The van der Waals surface area contributed by atoms with Gasteiger partial charge in [-0.2, -0.15) is 0 Å². The molecule has 1 atom stereocenters. The van der Waals surface area contributed by atoms with Crippen molar-refractivity contribution < 1.29 is 18.7 Å². The number of alkyl halides is 1. The van der Waals surface area contributed by atoms with Gasteiger partial charge in [-0.1, -0.05) is 0 Å². The zero-order valence-electron chi connectivity index (χ0n) is 12.3. The second-order valence-corrected chi connectivity index (χ2v) is 4.89. The van der Waals surface area contributed by atoms with E-state index in [0.717, 1.165) is 0 Å². The van der Waals surface area contributed by atoms with Crippen molar-refractivity contribution in [1.29, 1.82) is 0 Å². The highest BCUT2D eigenvalue weighted by atomic mass is 19.1. The van der Waals surface area contributed by atoms with Gasteiger partial charge >= 0.3 is 6.09 Å². The molecule has 1 saturated heterocycles. The van der Waals surface area contributed by atoms with Crippen LogP contribution in [-0.4, -0.2) is 55.6 Å². The van der Waals surface area contributed by atoms with Crippen LogP contribution in [0.5, 0.6) is 0 Å². The van der Waals surface area contributed by atoms with Crippen LogP contribution in [0.2, 0.25) is 0 Å². The van der Waals surface area contributed by atoms with Crippen LogP contribution in [0.25, 0.3) is 0 Å². The van der Waals surface area contributed by atoms with E-state index in [1.807, 2.05) is 4.90 Å². The minimum absolute atomic E-state index is 0.136. The molecule has 1 aromatic rings. The van der Waals surface area contributed by atoms with Crippen LogP contribution >= 0.6 is 0 Å². The normalized spacial score (nSPS) is 17.5. The Bertz CT molecular complexity index is 565. The molecule has 2 heterocycles. The summed E-state index contributed by atoms with van der Waals surface area (Å²) >= 11 is 0. The summed E-state index contributed by atoms with van der Waals surface area (Å²) < 4.78 is 21.5. The summed E-state index contributed by atoms with van der Waals surface area (Å²) in [4.78, 5) is 31.9. The van der Waals surface area contributed by atoms with Crippen LogP contribution in [0.4, 0.5) is 15.1 Å². The Morgan fingerprint density at radius 2 is 2.45 bits per heavy atom. The smallest absolute Gasteiger partial charge is 0.407 e. The highest BCUT2D eigenvalue weighted by Gasteiger charge is 2.26. The van der Waals surface area contributed by atoms with E-state index in [2.05, 4.69) is 20.0 Å². The largest absolute Gasteiger partial charge is 0.447 e. The molecule has 2 N–H and O–H groups in total. The fraction of sp³-hybridized carbons (Fsp3) is 0.615. The van der Waals surface area contributed by atoms with Gasteiger partial charge in [-0.3, -0.25) is 9.78 Å². The number of alkyl carbamates (subject to hydrolysis) is 1. The van der Waals surface area contributed by atoms with Gasteiger partial charge in [-0.25, -0.2) is 14.2 Å².